The molecule has 0 spiro atoms. The van der Waals surface area contributed by atoms with Gasteiger partial charge in [0.25, 0.3) is 0 Å². The predicted molar refractivity (Wildman–Crippen MR) is 72.3 cm³/mol. The molecule has 2 aliphatic rings. The standard InChI is InChI=1S/C15H22N2O2/c1-2-19-15(18)13(11-16)10-12-6-5-7-14(12)17-8-3-4-9-17/h10,13-14H,2-9H2,1H3. The van der Waals surface area contributed by atoms with Gasteiger partial charge in [-0.05, 0) is 52.1 Å². The van der Waals surface area contributed by atoms with Gasteiger partial charge in [-0.15, -0.1) is 0 Å². The number of ether oxygens (including phenoxy) is 1. The predicted octanol–water partition coefficient (Wildman–Crippen LogP) is 2.26. The van der Waals surface area contributed by atoms with Crippen LogP contribution in [0.5, 0.6) is 0 Å². The molecule has 2 fully saturated rings. The normalized spacial score (nSPS) is 27.4. The fourth-order valence-electron chi connectivity index (χ4n) is 3.12. The van der Waals surface area contributed by atoms with Crippen molar-refractivity contribution in [3.63, 3.8) is 0 Å². The van der Waals surface area contributed by atoms with Crippen molar-refractivity contribution < 1.29 is 9.53 Å². The molecular weight excluding hydrogens is 240 g/mol. The molecule has 1 saturated carbocycles. The first-order valence-corrected chi connectivity index (χ1v) is 7.27. The number of nitrogens with zero attached hydrogens (tertiary/aromatic N) is 2. The van der Waals surface area contributed by atoms with Crippen LogP contribution >= 0.6 is 0 Å². The highest BCUT2D eigenvalue weighted by Gasteiger charge is 2.30. The van der Waals surface area contributed by atoms with Crippen molar-refractivity contribution in [2.24, 2.45) is 5.92 Å². The summed E-state index contributed by atoms with van der Waals surface area (Å²) >= 11 is 0. The summed E-state index contributed by atoms with van der Waals surface area (Å²) in [5.41, 5.74) is 1.27. The third-order valence-corrected chi connectivity index (χ3v) is 4.01. The minimum absolute atomic E-state index is 0.329. The van der Waals surface area contributed by atoms with E-state index in [2.05, 4.69) is 11.0 Å². The first kappa shape index (κ1) is 14.1. The van der Waals surface area contributed by atoms with E-state index in [1.54, 1.807) is 6.92 Å². The Labute approximate surface area is 115 Å². The fraction of sp³-hybridized carbons (Fsp3) is 0.733. The van der Waals surface area contributed by atoms with E-state index in [0.29, 0.717) is 12.6 Å². The summed E-state index contributed by atoms with van der Waals surface area (Å²) in [6.45, 7) is 4.40. The second-order valence-electron chi connectivity index (χ2n) is 5.25. The summed E-state index contributed by atoms with van der Waals surface area (Å²) in [5.74, 6) is -1.15. The van der Waals surface area contributed by atoms with Crippen molar-refractivity contribution >= 4 is 5.97 Å². The van der Waals surface area contributed by atoms with Gasteiger partial charge in [-0.1, -0.05) is 11.6 Å². The van der Waals surface area contributed by atoms with Gasteiger partial charge < -0.3 is 4.74 Å². The average molecular weight is 262 g/mol. The lowest BCUT2D eigenvalue weighted by molar-refractivity contribution is -0.144. The molecule has 0 N–H and O–H groups in total. The summed E-state index contributed by atoms with van der Waals surface area (Å²) in [6, 6.07) is 2.51. The molecule has 1 saturated heterocycles. The van der Waals surface area contributed by atoms with Crippen LogP contribution in [0.3, 0.4) is 0 Å². The van der Waals surface area contributed by atoms with Crippen molar-refractivity contribution in [1.82, 2.24) is 4.90 Å². The Kier molecular flexibility index (Phi) is 4.98. The Balaban J connectivity index is 2.07. The zero-order valence-electron chi connectivity index (χ0n) is 11.6. The summed E-state index contributed by atoms with van der Waals surface area (Å²) in [7, 11) is 0. The van der Waals surface area contributed by atoms with Gasteiger partial charge >= 0.3 is 5.97 Å². The SMILES string of the molecule is CCOC(=O)C(C#N)C=C1CCCC1N1CCCC1. The number of esters is 1. The topological polar surface area (TPSA) is 53.3 Å². The first-order chi connectivity index (χ1) is 9.26. The third kappa shape index (κ3) is 3.36. The largest absolute Gasteiger partial charge is 0.465 e. The van der Waals surface area contributed by atoms with Crippen LogP contribution in [0.15, 0.2) is 11.6 Å². The van der Waals surface area contributed by atoms with Crippen molar-refractivity contribution in [3.8, 4) is 6.07 Å². The maximum Gasteiger partial charge on any atom is 0.327 e. The lowest BCUT2D eigenvalue weighted by atomic mass is 10.0. The lowest BCUT2D eigenvalue weighted by Gasteiger charge is -2.25. The van der Waals surface area contributed by atoms with Crippen molar-refractivity contribution in [3.05, 3.63) is 11.6 Å². The van der Waals surface area contributed by atoms with Gasteiger partial charge in [-0.2, -0.15) is 5.26 Å². The van der Waals surface area contributed by atoms with Crippen LogP contribution in [-0.4, -0.2) is 36.6 Å². The molecule has 0 aromatic heterocycles. The fourth-order valence-corrected chi connectivity index (χ4v) is 3.12. The van der Waals surface area contributed by atoms with Crippen LogP contribution in [0.2, 0.25) is 0 Å². The number of nitriles is 1. The summed E-state index contributed by atoms with van der Waals surface area (Å²) in [6.07, 6.45) is 7.72. The molecule has 4 nitrogen and oxygen atoms in total. The maximum absolute atomic E-state index is 11.7. The molecule has 2 atom stereocenters. The number of rotatable bonds is 4. The van der Waals surface area contributed by atoms with E-state index in [4.69, 9.17) is 10.00 Å². The Morgan fingerprint density at radius 2 is 2.26 bits per heavy atom. The molecule has 19 heavy (non-hydrogen) atoms. The molecule has 1 aliphatic heterocycles. The Bertz CT molecular complexity index is 391. The molecule has 0 amide bonds. The minimum atomic E-state index is -0.738. The summed E-state index contributed by atoms with van der Waals surface area (Å²) in [5, 5.41) is 9.13. The first-order valence-electron chi connectivity index (χ1n) is 7.27. The van der Waals surface area contributed by atoms with E-state index in [9.17, 15) is 4.79 Å². The number of likely N-dealkylation sites (tertiary alicyclic amines) is 1. The van der Waals surface area contributed by atoms with Crippen LogP contribution < -0.4 is 0 Å². The van der Waals surface area contributed by atoms with Gasteiger partial charge in [0.05, 0.1) is 12.7 Å². The zero-order valence-corrected chi connectivity index (χ0v) is 11.6. The smallest absolute Gasteiger partial charge is 0.327 e. The summed E-state index contributed by atoms with van der Waals surface area (Å²) < 4.78 is 4.95. The monoisotopic (exact) mass is 262 g/mol. The molecule has 4 heteroatoms. The molecule has 104 valence electrons. The maximum atomic E-state index is 11.7. The van der Waals surface area contributed by atoms with Crippen LogP contribution in [0, 0.1) is 17.2 Å². The molecule has 2 unspecified atom stereocenters. The molecule has 0 bridgehead atoms. The van der Waals surface area contributed by atoms with Gasteiger partial charge in [-0.3, -0.25) is 9.69 Å². The van der Waals surface area contributed by atoms with Gasteiger partial charge in [0, 0.05) is 6.04 Å². The van der Waals surface area contributed by atoms with E-state index < -0.39 is 11.9 Å². The third-order valence-electron chi connectivity index (χ3n) is 4.01. The summed E-state index contributed by atoms with van der Waals surface area (Å²) in [4.78, 5) is 14.2. The van der Waals surface area contributed by atoms with Crippen LogP contribution in [-0.2, 0) is 9.53 Å². The van der Waals surface area contributed by atoms with Gasteiger partial charge in [-0.25, -0.2) is 0 Å². The highest BCUT2D eigenvalue weighted by atomic mass is 16.5. The number of hydrogen-bond acceptors (Lipinski definition) is 4. The zero-order chi connectivity index (χ0) is 13.7. The molecule has 2 rings (SSSR count). The van der Waals surface area contributed by atoms with Gasteiger partial charge in [0.2, 0.25) is 0 Å². The van der Waals surface area contributed by atoms with E-state index in [1.165, 1.54) is 18.4 Å². The van der Waals surface area contributed by atoms with Crippen molar-refractivity contribution in [2.45, 2.75) is 45.1 Å². The van der Waals surface area contributed by atoms with Gasteiger partial charge in [0.1, 0.15) is 0 Å². The number of hydrogen-bond donors (Lipinski definition) is 0. The molecule has 0 aromatic rings. The van der Waals surface area contributed by atoms with Crippen LogP contribution in [0.25, 0.3) is 0 Å². The van der Waals surface area contributed by atoms with Crippen molar-refractivity contribution in [2.75, 3.05) is 19.7 Å². The average Bonchev–Trinajstić information content (AvgIpc) is 3.06. The molecule has 0 aromatic carbocycles. The van der Waals surface area contributed by atoms with Gasteiger partial charge in [0.15, 0.2) is 5.92 Å². The highest BCUT2D eigenvalue weighted by molar-refractivity contribution is 5.77. The van der Waals surface area contributed by atoms with Crippen LogP contribution in [0.4, 0.5) is 0 Å². The lowest BCUT2D eigenvalue weighted by Crippen LogP contribution is -2.32. The second kappa shape index (κ2) is 6.72. The van der Waals surface area contributed by atoms with E-state index >= 15 is 0 Å². The minimum Gasteiger partial charge on any atom is -0.465 e. The molecule has 1 heterocycles. The van der Waals surface area contributed by atoms with E-state index in [1.807, 2.05) is 6.08 Å². The quantitative estimate of drug-likeness (QED) is 0.576. The number of carbonyl (C=O) groups excluding carboxylic acids is 1. The molecular formula is C15H22N2O2. The number of carbonyl (C=O) groups is 1. The van der Waals surface area contributed by atoms with Crippen molar-refractivity contribution in [1.29, 1.82) is 5.26 Å². The second-order valence-corrected chi connectivity index (χ2v) is 5.25. The highest BCUT2D eigenvalue weighted by Crippen LogP contribution is 2.32. The van der Waals surface area contributed by atoms with Crippen LogP contribution in [0.1, 0.15) is 39.0 Å². The Morgan fingerprint density at radius 1 is 1.53 bits per heavy atom. The van der Waals surface area contributed by atoms with E-state index in [0.717, 1.165) is 32.4 Å². The molecule has 1 aliphatic carbocycles. The Hall–Kier alpha value is -1.34. The Morgan fingerprint density at radius 3 is 2.89 bits per heavy atom. The molecule has 0 radical (unpaired) electrons. The van der Waals surface area contributed by atoms with E-state index in [-0.39, 0.29) is 0 Å².